The second-order valence-electron chi connectivity index (χ2n) is 11.2. The van der Waals surface area contributed by atoms with Gasteiger partial charge in [0, 0.05) is 59.0 Å². The van der Waals surface area contributed by atoms with Crippen LogP contribution >= 0.6 is 0 Å². The van der Waals surface area contributed by atoms with Gasteiger partial charge in [-0.25, -0.2) is 0 Å². The second kappa shape index (κ2) is 11.4. The number of benzene rings is 1. The van der Waals surface area contributed by atoms with Crippen molar-refractivity contribution in [2.45, 2.75) is 30.7 Å². The Labute approximate surface area is 234 Å². The van der Waals surface area contributed by atoms with Gasteiger partial charge >= 0.3 is 0 Å². The number of aliphatic hydroxyl groups excluding tert-OH is 1. The first-order valence-electron chi connectivity index (χ1n) is 14.4. The number of hydrogen-bond acceptors (Lipinski definition) is 7. The molecule has 1 spiro atoms. The van der Waals surface area contributed by atoms with Gasteiger partial charge in [0.15, 0.2) is 0 Å². The lowest BCUT2D eigenvalue weighted by atomic mass is 9.77. The Morgan fingerprint density at radius 3 is 2.45 bits per heavy atom. The van der Waals surface area contributed by atoms with E-state index >= 15 is 0 Å². The summed E-state index contributed by atoms with van der Waals surface area (Å²) in [7, 11) is 0. The number of likely N-dealkylation sites (tertiary alicyclic amines) is 1. The van der Waals surface area contributed by atoms with E-state index in [0.717, 1.165) is 25.2 Å². The molecule has 5 atom stereocenters. The highest BCUT2D eigenvalue weighted by atomic mass is 16.5. The summed E-state index contributed by atoms with van der Waals surface area (Å²) in [5.74, 6) is -2.09. The van der Waals surface area contributed by atoms with Crippen LogP contribution in [-0.2, 0) is 30.4 Å². The van der Waals surface area contributed by atoms with E-state index in [1.807, 2.05) is 54.6 Å². The number of hydrogen-bond donors (Lipinski definition) is 1. The first kappa shape index (κ1) is 27.1. The summed E-state index contributed by atoms with van der Waals surface area (Å²) < 4.78 is 12.1. The van der Waals surface area contributed by atoms with E-state index in [4.69, 9.17) is 9.47 Å². The molecule has 1 aromatic rings. The largest absolute Gasteiger partial charge is 0.396 e. The highest BCUT2D eigenvalue weighted by Crippen LogP contribution is 2.53. The molecule has 3 fully saturated rings. The lowest BCUT2D eigenvalue weighted by Gasteiger charge is -2.36. The van der Waals surface area contributed by atoms with Gasteiger partial charge in [0.1, 0.15) is 11.6 Å². The van der Waals surface area contributed by atoms with Crippen molar-refractivity contribution in [3.8, 4) is 0 Å². The molecule has 10 nitrogen and oxygen atoms in total. The van der Waals surface area contributed by atoms with Gasteiger partial charge in [-0.3, -0.25) is 19.3 Å². The van der Waals surface area contributed by atoms with Crippen molar-refractivity contribution in [3.05, 3.63) is 60.2 Å². The molecule has 1 N–H and O–H groups in total. The van der Waals surface area contributed by atoms with Crippen LogP contribution in [0.5, 0.6) is 0 Å². The molecule has 5 aliphatic heterocycles. The van der Waals surface area contributed by atoms with Gasteiger partial charge in [-0.05, 0) is 12.0 Å². The summed E-state index contributed by atoms with van der Waals surface area (Å²) in [6.45, 7) is 5.68. The maximum atomic E-state index is 14.2. The predicted octanol–water partition coefficient (Wildman–Crippen LogP) is 0.279. The minimum atomic E-state index is -1.23. The third kappa shape index (κ3) is 4.76. The average Bonchev–Trinajstić information content (AvgIpc) is 3.29. The zero-order chi connectivity index (χ0) is 27.7. The van der Waals surface area contributed by atoms with Crippen molar-refractivity contribution in [2.75, 3.05) is 65.6 Å². The van der Waals surface area contributed by atoms with Crippen LogP contribution in [0.4, 0.5) is 0 Å². The van der Waals surface area contributed by atoms with Gasteiger partial charge in [-0.15, -0.1) is 0 Å². The Morgan fingerprint density at radius 1 is 0.900 bits per heavy atom. The Balaban J connectivity index is 1.30. The van der Waals surface area contributed by atoms with Crippen LogP contribution in [0.25, 0.3) is 0 Å². The van der Waals surface area contributed by atoms with Crippen molar-refractivity contribution in [1.29, 1.82) is 0 Å². The van der Waals surface area contributed by atoms with Crippen LogP contribution in [0.15, 0.2) is 54.6 Å². The first-order valence-corrected chi connectivity index (χ1v) is 14.4. The monoisotopic (exact) mass is 550 g/mol. The molecule has 10 heteroatoms. The molecule has 40 heavy (non-hydrogen) atoms. The van der Waals surface area contributed by atoms with Crippen molar-refractivity contribution in [1.82, 2.24) is 19.6 Å². The number of ether oxygens (including phenoxy) is 2. The minimum absolute atomic E-state index is 0.0988. The molecule has 5 aliphatic rings. The fourth-order valence-electron chi connectivity index (χ4n) is 6.95. The van der Waals surface area contributed by atoms with Crippen LogP contribution in [-0.4, -0.2) is 126 Å². The molecule has 1 aromatic carbocycles. The number of rotatable bonds is 8. The lowest BCUT2D eigenvalue weighted by molar-refractivity contribution is -0.148. The van der Waals surface area contributed by atoms with Crippen LogP contribution in [0.3, 0.4) is 0 Å². The van der Waals surface area contributed by atoms with Crippen molar-refractivity contribution in [2.24, 2.45) is 11.8 Å². The quantitative estimate of drug-likeness (QED) is 0.464. The standard InChI is InChI=1S/C30H38N4O6/c35-18-6-13-34-26-29(38)32(15-14-31-16-19-39-20-17-31)12-5-10-30(26)25(28(34)37)24-23(40-30)9-4-11-33(27(24)36)21-22-7-2-1-3-8-22/h1-5,7-10,23-26,35H,6,11-21H2/t23-,24+,25-,26?,30-/m0/s1. The summed E-state index contributed by atoms with van der Waals surface area (Å²) in [6, 6.07) is 8.92. The maximum absolute atomic E-state index is 14.2. The van der Waals surface area contributed by atoms with E-state index in [-0.39, 0.29) is 30.9 Å². The highest BCUT2D eigenvalue weighted by Gasteiger charge is 2.71. The van der Waals surface area contributed by atoms with Gasteiger partial charge in [0.2, 0.25) is 17.7 Å². The molecule has 6 rings (SSSR count). The number of nitrogens with zero attached hydrogens (tertiary/aromatic N) is 4. The molecule has 5 heterocycles. The molecule has 3 saturated heterocycles. The van der Waals surface area contributed by atoms with Crippen LogP contribution < -0.4 is 0 Å². The van der Waals surface area contributed by atoms with Crippen molar-refractivity contribution >= 4 is 17.7 Å². The number of morpholine rings is 1. The van der Waals surface area contributed by atoms with Gasteiger partial charge in [-0.2, -0.15) is 0 Å². The normalized spacial score (nSPS) is 32.2. The molecule has 1 unspecified atom stereocenters. The third-order valence-corrected chi connectivity index (χ3v) is 8.89. The summed E-state index contributed by atoms with van der Waals surface area (Å²) in [5.41, 5.74) is -0.223. The van der Waals surface area contributed by atoms with E-state index in [9.17, 15) is 19.5 Å². The predicted molar refractivity (Wildman–Crippen MR) is 146 cm³/mol. The molecule has 0 saturated carbocycles. The van der Waals surface area contributed by atoms with Gasteiger partial charge in [-0.1, -0.05) is 54.6 Å². The Morgan fingerprint density at radius 2 is 1.68 bits per heavy atom. The molecule has 3 amide bonds. The van der Waals surface area contributed by atoms with Gasteiger partial charge in [0.05, 0.1) is 31.2 Å². The number of fused-ring (bicyclic) bond motifs is 2. The van der Waals surface area contributed by atoms with Gasteiger partial charge in [0.25, 0.3) is 0 Å². The van der Waals surface area contributed by atoms with E-state index in [1.54, 1.807) is 14.7 Å². The zero-order valence-electron chi connectivity index (χ0n) is 22.8. The second-order valence-corrected chi connectivity index (χ2v) is 11.2. The summed E-state index contributed by atoms with van der Waals surface area (Å²) >= 11 is 0. The third-order valence-electron chi connectivity index (χ3n) is 8.89. The smallest absolute Gasteiger partial charge is 0.249 e. The lowest BCUT2D eigenvalue weighted by Crippen LogP contribution is -2.56. The SMILES string of the molecule is O=C1C2N(CCCO)C(=O)[C@@H]3[C@@H]4C(=O)N(Cc5ccccc5)CC=C[C@@H]4O[C@]23C=CCN1CCN1CCOCC1. The molecule has 0 radical (unpaired) electrons. The van der Waals surface area contributed by atoms with E-state index in [1.165, 1.54) is 0 Å². The fourth-order valence-corrected chi connectivity index (χ4v) is 6.95. The van der Waals surface area contributed by atoms with Gasteiger partial charge < -0.3 is 29.3 Å². The Kier molecular flexibility index (Phi) is 7.76. The fraction of sp³-hybridized carbons (Fsp3) is 0.567. The maximum Gasteiger partial charge on any atom is 0.249 e. The molecule has 0 aromatic heterocycles. The summed E-state index contributed by atoms with van der Waals surface area (Å²) in [5, 5.41) is 9.59. The molecule has 214 valence electrons. The number of aliphatic hydroxyl groups is 1. The number of carbonyl (C=O) groups excluding carboxylic acids is 3. The first-order chi connectivity index (χ1) is 19.5. The highest BCUT2D eigenvalue weighted by molar-refractivity contribution is 5.99. The minimum Gasteiger partial charge on any atom is -0.396 e. The van der Waals surface area contributed by atoms with Crippen LogP contribution in [0.2, 0.25) is 0 Å². The summed E-state index contributed by atoms with van der Waals surface area (Å²) in [6.07, 6.45) is 7.38. The molecule has 0 bridgehead atoms. The topological polar surface area (TPSA) is 103 Å². The van der Waals surface area contributed by atoms with Crippen molar-refractivity contribution in [3.63, 3.8) is 0 Å². The molecular weight excluding hydrogens is 512 g/mol. The zero-order valence-corrected chi connectivity index (χ0v) is 22.8. The van der Waals surface area contributed by atoms with Crippen LogP contribution in [0.1, 0.15) is 12.0 Å². The van der Waals surface area contributed by atoms with E-state index in [0.29, 0.717) is 45.8 Å². The van der Waals surface area contributed by atoms with Crippen molar-refractivity contribution < 1.29 is 29.0 Å². The molecule has 0 aliphatic carbocycles. The van der Waals surface area contributed by atoms with Crippen LogP contribution in [0, 0.1) is 11.8 Å². The molecular formula is C30H38N4O6. The Hall–Kier alpha value is -3.05. The number of carbonyl (C=O) groups is 3. The van der Waals surface area contributed by atoms with E-state index < -0.39 is 29.6 Å². The Bertz CT molecular complexity index is 1170. The average molecular weight is 551 g/mol. The summed E-state index contributed by atoms with van der Waals surface area (Å²) in [4.78, 5) is 49.9. The number of amides is 3. The van der Waals surface area contributed by atoms with E-state index in [2.05, 4.69) is 4.90 Å².